The van der Waals surface area contributed by atoms with E-state index in [1.165, 1.54) is 30.3 Å². The average Bonchev–Trinajstić information content (AvgIpc) is 2.69. The van der Waals surface area contributed by atoms with Gasteiger partial charge in [0.25, 0.3) is 0 Å². The molecule has 1 aromatic heterocycles. The molecule has 146 valence electrons. The van der Waals surface area contributed by atoms with Crippen LogP contribution < -0.4 is 0 Å². The molecular weight excluding hydrogens is 423 g/mol. The molecule has 3 nitrogen and oxygen atoms in total. The quantitative estimate of drug-likeness (QED) is 0.383. The summed E-state index contributed by atoms with van der Waals surface area (Å²) < 4.78 is 67.9. The fraction of sp³-hybridized carbons (Fsp3) is 0. The van der Waals surface area contributed by atoms with Crippen molar-refractivity contribution in [1.82, 2.24) is 4.98 Å². The Hall–Kier alpha value is -2.90. The third-order valence-electron chi connectivity index (χ3n) is 4.40. The van der Waals surface area contributed by atoms with Crippen LogP contribution in [-0.2, 0) is 9.84 Å². The number of pyridine rings is 1. The number of halogens is 4. The highest BCUT2D eigenvalue weighted by molar-refractivity contribution is 7.91. The zero-order valence-corrected chi connectivity index (χ0v) is 16.1. The Kier molecular flexibility index (Phi) is 4.80. The Labute approximate surface area is 169 Å². The lowest BCUT2D eigenvalue weighted by molar-refractivity contribution is 0.594. The first kappa shape index (κ1) is 19.4. The second-order valence-electron chi connectivity index (χ2n) is 6.25. The molecule has 0 radical (unpaired) electrons. The molecule has 0 aliphatic carbocycles. The van der Waals surface area contributed by atoms with Crippen LogP contribution in [0.25, 0.3) is 22.0 Å². The van der Waals surface area contributed by atoms with E-state index in [4.69, 9.17) is 11.6 Å². The average molecular weight is 434 g/mol. The monoisotopic (exact) mass is 433 g/mol. The summed E-state index contributed by atoms with van der Waals surface area (Å²) in [7, 11) is -4.23. The number of fused-ring (bicyclic) bond motifs is 1. The molecule has 0 bridgehead atoms. The molecule has 4 aromatic rings. The number of aromatic nitrogens is 1. The van der Waals surface area contributed by atoms with Crippen LogP contribution in [-0.4, -0.2) is 13.4 Å². The van der Waals surface area contributed by atoms with Gasteiger partial charge in [0.15, 0.2) is 0 Å². The van der Waals surface area contributed by atoms with Gasteiger partial charge in [0.05, 0.1) is 20.3 Å². The van der Waals surface area contributed by atoms with E-state index < -0.39 is 27.3 Å². The van der Waals surface area contributed by atoms with Gasteiger partial charge in [0.1, 0.15) is 17.5 Å². The van der Waals surface area contributed by atoms with E-state index in [-0.39, 0.29) is 31.3 Å². The molecule has 3 aromatic carbocycles. The largest absolute Gasteiger partial charge is 0.255 e. The van der Waals surface area contributed by atoms with Crippen LogP contribution in [0.2, 0.25) is 5.02 Å². The van der Waals surface area contributed by atoms with Crippen molar-refractivity contribution in [2.24, 2.45) is 0 Å². The molecule has 0 fully saturated rings. The van der Waals surface area contributed by atoms with Crippen molar-refractivity contribution in [1.29, 1.82) is 0 Å². The molecule has 1 heterocycles. The lowest BCUT2D eigenvalue weighted by Gasteiger charge is -2.14. The normalized spacial score (nSPS) is 11.7. The Morgan fingerprint density at radius 2 is 1.62 bits per heavy atom. The number of nitrogens with zero attached hydrogens (tertiary/aromatic N) is 1. The molecule has 0 saturated carbocycles. The first-order valence-corrected chi connectivity index (χ1v) is 10.2. The standard InChI is InChI=1S/C21H11ClF3NO2S/c22-17-10-15(5-6-18(17)25)29(27,28)20-11-26-19-7-4-14(24)9-16(19)21(20)12-2-1-3-13(23)8-12/h1-11H. The SMILES string of the molecule is O=S(=O)(c1ccc(F)c(Cl)c1)c1cnc2ccc(F)cc2c1-c1cccc(F)c1. The topological polar surface area (TPSA) is 47.0 Å². The summed E-state index contributed by atoms with van der Waals surface area (Å²) in [4.78, 5) is 3.58. The minimum Gasteiger partial charge on any atom is -0.255 e. The highest BCUT2D eigenvalue weighted by Gasteiger charge is 2.26. The number of rotatable bonds is 3. The van der Waals surface area contributed by atoms with Gasteiger partial charge < -0.3 is 0 Å². The molecule has 0 N–H and O–H groups in total. The summed E-state index contributed by atoms with van der Waals surface area (Å²) in [6, 6.07) is 12.0. The second-order valence-corrected chi connectivity index (χ2v) is 8.57. The van der Waals surface area contributed by atoms with Crippen LogP contribution >= 0.6 is 11.6 Å². The minimum absolute atomic E-state index is 0.0921. The van der Waals surface area contributed by atoms with Crippen LogP contribution in [0.15, 0.2) is 76.7 Å². The lowest BCUT2D eigenvalue weighted by atomic mass is 10.0. The summed E-state index contributed by atoms with van der Waals surface area (Å²) in [5.74, 6) is -1.96. The first-order valence-electron chi connectivity index (χ1n) is 8.32. The van der Waals surface area contributed by atoms with Crippen molar-refractivity contribution >= 4 is 32.3 Å². The molecule has 0 aliphatic heterocycles. The van der Waals surface area contributed by atoms with Crippen LogP contribution in [0.3, 0.4) is 0 Å². The number of hydrogen-bond donors (Lipinski definition) is 0. The highest BCUT2D eigenvalue weighted by atomic mass is 35.5. The number of benzene rings is 3. The Morgan fingerprint density at radius 1 is 0.862 bits per heavy atom. The van der Waals surface area contributed by atoms with Crippen LogP contribution in [0.5, 0.6) is 0 Å². The molecule has 0 unspecified atom stereocenters. The van der Waals surface area contributed by atoms with Crippen LogP contribution in [0, 0.1) is 17.5 Å². The van der Waals surface area contributed by atoms with E-state index >= 15 is 0 Å². The van der Waals surface area contributed by atoms with E-state index in [1.807, 2.05) is 0 Å². The van der Waals surface area contributed by atoms with Gasteiger partial charge in [-0.15, -0.1) is 0 Å². The van der Waals surface area contributed by atoms with Crippen molar-refractivity contribution in [3.05, 3.63) is 89.3 Å². The van der Waals surface area contributed by atoms with E-state index in [9.17, 15) is 21.6 Å². The Balaban J connectivity index is 2.09. The molecule has 8 heteroatoms. The number of hydrogen-bond acceptors (Lipinski definition) is 3. The summed E-state index contributed by atoms with van der Waals surface area (Å²) in [6.45, 7) is 0. The maximum absolute atomic E-state index is 13.9. The Morgan fingerprint density at radius 3 is 2.34 bits per heavy atom. The molecule has 0 atom stereocenters. The summed E-state index contributed by atoms with van der Waals surface area (Å²) in [6.07, 6.45) is 1.12. The molecule has 0 aliphatic rings. The lowest BCUT2D eigenvalue weighted by Crippen LogP contribution is -2.06. The predicted octanol–water partition coefficient (Wildman–Crippen LogP) is 5.81. The van der Waals surface area contributed by atoms with Gasteiger partial charge >= 0.3 is 0 Å². The summed E-state index contributed by atoms with van der Waals surface area (Å²) in [5, 5.41) is -0.164. The van der Waals surface area contributed by atoms with Crippen LogP contribution in [0.4, 0.5) is 13.2 Å². The van der Waals surface area contributed by atoms with Crippen molar-refractivity contribution in [3.63, 3.8) is 0 Å². The van der Waals surface area contributed by atoms with Crippen molar-refractivity contribution in [2.45, 2.75) is 9.79 Å². The smallest absolute Gasteiger partial charge is 0.208 e. The van der Waals surface area contributed by atoms with Gasteiger partial charge in [-0.3, -0.25) is 4.98 Å². The number of sulfone groups is 1. The predicted molar refractivity (Wildman–Crippen MR) is 104 cm³/mol. The third-order valence-corrected chi connectivity index (χ3v) is 6.45. The van der Waals surface area contributed by atoms with Gasteiger partial charge in [-0.2, -0.15) is 0 Å². The molecule has 29 heavy (non-hydrogen) atoms. The first-order chi connectivity index (χ1) is 13.8. The summed E-state index contributed by atoms with van der Waals surface area (Å²) >= 11 is 5.75. The van der Waals surface area contributed by atoms with Gasteiger partial charge in [0, 0.05) is 17.1 Å². The van der Waals surface area contributed by atoms with Gasteiger partial charge in [-0.05, 0) is 54.1 Å². The van der Waals surface area contributed by atoms with Crippen LogP contribution in [0.1, 0.15) is 0 Å². The van der Waals surface area contributed by atoms with Gasteiger partial charge in [-0.25, -0.2) is 21.6 Å². The maximum atomic E-state index is 13.9. The van der Waals surface area contributed by atoms with Gasteiger partial charge in [0.2, 0.25) is 9.84 Å². The Bertz CT molecular complexity index is 1370. The zero-order chi connectivity index (χ0) is 20.8. The molecule has 0 spiro atoms. The second kappa shape index (κ2) is 7.17. The summed E-state index contributed by atoms with van der Waals surface area (Å²) in [5.41, 5.74) is 0.658. The molecule has 4 rings (SSSR count). The maximum Gasteiger partial charge on any atom is 0.208 e. The fourth-order valence-corrected chi connectivity index (χ4v) is 4.77. The van der Waals surface area contributed by atoms with E-state index in [2.05, 4.69) is 4.98 Å². The van der Waals surface area contributed by atoms with Crippen molar-refractivity contribution in [2.75, 3.05) is 0 Å². The van der Waals surface area contributed by atoms with Crippen molar-refractivity contribution < 1.29 is 21.6 Å². The highest BCUT2D eigenvalue weighted by Crippen LogP contribution is 2.37. The van der Waals surface area contributed by atoms with Gasteiger partial charge in [-0.1, -0.05) is 23.7 Å². The molecule has 0 saturated heterocycles. The molecular formula is C21H11ClF3NO2S. The minimum atomic E-state index is -4.23. The fourth-order valence-electron chi connectivity index (χ4n) is 3.06. The molecule has 0 amide bonds. The third kappa shape index (κ3) is 3.47. The van der Waals surface area contributed by atoms with E-state index in [0.29, 0.717) is 5.52 Å². The van der Waals surface area contributed by atoms with E-state index in [1.54, 1.807) is 0 Å². The van der Waals surface area contributed by atoms with Crippen molar-refractivity contribution in [3.8, 4) is 11.1 Å². The van der Waals surface area contributed by atoms with E-state index in [0.717, 1.165) is 36.5 Å². The zero-order valence-electron chi connectivity index (χ0n) is 14.5.